The van der Waals surface area contributed by atoms with E-state index in [1.54, 1.807) is 7.11 Å². The van der Waals surface area contributed by atoms with Crippen molar-refractivity contribution in [2.24, 2.45) is 5.92 Å². The first kappa shape index (κ1) is 19.6. The van der Waals surface area contributed by atoms with Gasteiger partial charge in [-0.3, -0.25) is 4.79 Å². The van der Waals surface area contributed by atoms with Crippen LogP contribution in [0.15, 0.2) is 48.5 Å². The molecule has 0 N–H and O–H groups in total. The molecule has 1 aliphatic heterocycles. The highest BCUT2D eigenvalue weighted by Gasteiger charge is 2.50. The first-order valence-electron chi connectivity index (χ1n) is 9.92. The summed E-state index contributed by atoms with van der Waals surface area (Å²) in [6.07, 6.45) is 5.10. The number of hydrogen-bond donors (Lipinski definition) is 0. The highest BCUT2D eigenvalue weighted by atomic mass is 35.5. The van der Waals surface area contributed by atoms with Crippen molar-refractivity contribution in [3.63, 3.8) is 0 Å². The molecule has 4 rings (SSSR count). The number of nitrogens with zero attached hydrogens (tertiary/aromatic N) is 1. The van der Waals surface area contributed by atoms with Crippen LogP contribution in [-0.4, -0.2) is 29.3 Å². The van der Waals surface area contributed by atoms with Gasteiger partial charge in [-0.05, 0) is 43.0 Å². The summed E-state index contributed by atoms with van der Waals surface area (Å²) in [6, 6.07) is 15.1. The van der Waals surface area contributed by atoms with E-state index in [-0.39, 0.29) is 22.7 Å². The number of para-hydroxylation sites is 1. The van der Waals surface area contributed by atoms with Crippen molar-refractivity contribution in [3.05, 3.63) is 64.7 Å². The maximum absolute atomic E-state index is 13.6. The zero-order valence-corrected chi connectivity index (χ0v) is 17.5. The fourth-order valence-electron chi connectivity index (χ4n) is 4.94. The van der Waals surface area contributed by atoms with Gasteiger partial charge in [-0.15, -0.1) is 11.6 Å². The number of likely N-dealkylation sites (tertiary alicyclic amines) is 1. The molecule has 3 unspecified atom stereocenters. The second kappa shape index (κ2) is 7.96. The van der Waals surface area contributed by atoms with Crippen LogP contribution in [0.25, 0.3) is 0 Å². The van der Waals surface area contributed by atoms with Crippen LogP contribution in [0.3, 0.4) is 0 Å². The van der Waals surface area contributed by atoms with Gasteiger partial charge in [0.25, 0.3) is 5.91 Å². The molecular formula is C23H25Cl2NO2. The first-order valence-corrected chi connectivity index (χ1v) is 10.7. The summed E-state index contributed by atoms with van der Waals surface area (Å²) >= 11 is 13.7. The topological polar surface area (TPSA) is 29.5 Å². The number of fused-ring (bicyclic) bond motifs is 1. The predicted molar refractivity (Wildman–Crippen MR) is 113 cm³/mol. The third-order valence-corrected chi connectivity index (χ3v) is 7.33. The van der Waals surface area contributed by atoms with E-state index in [1.807, 2.05) is 53.4 Å². The number of amides is 1. The van der Waals surface area contributed by atoms with Gasteiger partial charge in [0.05, 0.1) is 23.6 Å². The average molecular weight is 418 g/mol. The number of rotatable bonds is 3. The van der Waals surface area contributed by atoms with Crippen molar-refractivity contribution in [1.82, 2.24) is 4.90 Å². The molecule has 28 heavy (non-hydrogen) atoms. The number of hydrogen-bond acceptors (Lipinski definition) is 2. The van der Waals surface area contributed by atoms with E-state index < -0.39 is 0 Å². The number of carbonyl (C=O) groups excluding carboxylic acids is 1. The van der Waals surface area contributed by atoms with Gasteiger partial charge in [0.2, 0.25) is 0 Å². The Labute approximate surface area is 176 Å². The third kappa shape index (κ3) is 3.40. The summed E-state index contributed by atoms with van der Waals surface area (Å²) in [5.74, 6) is 0.763. The molecule has 0 radical (unpaired) electrons. The Kier molecular flexibility index (Phi) is 5.57. The van der Waals surface area contributed by atoms with Crippen molar-refractivity contribution in [2.45, 2.75) is 43.0 Å². The molecule has 0 aromatic heterocycles. The molecule has 1 aliphatic carbocycles. The van der Waals surface area contributed by atoms with Crippen molar-refractivity contribution in [1.29, 1.82) is 0 Å². The Morgan fingerprint density at radius 3 is 2.64 bits per heavy atom. The Bertz CT molecular complexity index is 871. The lowest BCUT2D eigenvalue weighted by molar-refractivity contribution is 0.0277. The maximum atomic E-state index is 13.6. The molecule has 0 spiro atoms. The van der Waals surface area contributed by atoms with Gasteiger partial charge < -0.3 is 9.64 Å². The predicted octanol–water partition coefficient (Wildman–Crippen LogP) is 6.10. The van der Waals surface area contributed by atoms with Crippen LogP contribution in [-0.2, 0) is 0 Å². The number of ether oxygens (including phenoxy) is 1. The van der Waals surface area contributed by atoms with Gasteiger partial charge in [0.1, 0.15) is 5.75 Å². The van der Waals surface area contributed by atoms with Gasteiger partial charge in [0, 0.05) is 17.5 Å². The monoisotopic (exact) mass is 417 g/mol. The van der Waals surface area contributed by atoms with Crippen LogP contribution in [0, 0.1) is 5.92 Å². The Morgan fingerprint density at radius 1 is 1.11 bits per heavy atom. The van der Waals surface area contributed by atoms with E-state index in [9.17, 15) is 4.79 Å². The Balaban J connectivity index is 1.79. The molecule has 1 heterocycles. The molecule has 1 amide bonds. The largest absolute Gasteiger partial charge is 0.496 e. The minimum absolute atomic E-state index is 0.0216. The van der Waals surface area contributed by atoms with Crippen LogP contribution in [0.4, 0.5) is 0 Å². The fourth-order valence-corrected chi connectivity index (χ4v) is 5.64. The smallest absolute Gasteiger partial charge is 0.258 e. The van der Waals surface area contributed by atoms with E-state index >= 15 is 0 Å². The zero-order valence-electron chi connectivity index (χ0n) is 16.0. The molecule has 0 bridgehead atoms. The van der Waals surface area contributed by atoms with Crippen molar-refractivity contribution >= 4 is 29.1 Å². The van der Waals surface area contributed by atoms with Gasteiger partial charge in [-0.1, -0.05) is 54.8 Å². The van der Waals surface area contributed by atoms with Gasteiger partial charge >= 0.3 is 0 Å². The second-order valence-corrected chi connectivity index (χ2v) is 8.96. The summed E-state index contributed by atoms with van der Waals surface area (Å²) in [5.41, 5.74) is 1.57. The molecule has 2 fully saturated rings. The first-order chi connectivity index (χ1) is 13.5. The summed E-state index contributed by atoms with van der Waals surface area (Å²) in [6.45, 7) is 0.618. The second-order valence-electron chi connectivity index (χ2n) is 7.80. The standard InChI is InChI=1S/C23H25Cl2NO2/c1-28-20-12-5-3-9-17(20)22(27)26-15-14-23(25)13-7-6-10-18(23)21(26)16-8-2-4-11-19(16)24/h2-5,8-9,11-12,18,21H,6-7,10,13-15H2,1H3. The minimum Gasteiger partial charge on any atom is -0.496 e. The molecule has 3 atom stereocenters. The molecule has 2 aromatic rings. The van der Waals surface area contributed by atoms with Crippen LogP contribution < -0.4 is 4.74 Å². The van der Waals surface area contributed by atoms with Gasteiger partial charge in [0.15, 0.2) is 0 Å². The molecule has 5 heteroatoms. The minimum atomic E-state index is -0.264. The lowest BCUT2D eigenvalue weighted by Gasteiger charge is -2.52. The maximum Gasteiger partial charge on any atom is 0.258 e. The lowest BCUT2D eigenvalue weighted by Crippen LogP contribution is -2.53. The Morgan fingerprint density at radius 2 is 1.86 bits per heavy atom. The van der Waals surface area contributed by atoms with Crippen LogP contribution in [0.5, 0.6) is 5.75 Å². The van der Waals surface area contributed by atoms with Crippen molar-refractivity contribution < 1.29 is 9.53 Å². The number of alkyl halides is 1. The highest BCUT2D eigenvalue weighted by Crippen LogP contribution is 2.53. The van der Waals surface area contributed by atoms with Crippen LogP contribution in [0.2, 0.25) is 5.02 Å². The average Bonchev–Trinajstić information content (AvgIpc) is 2.72. The zero-order chi connectivity index (χ0) is 19.7. The van der Waals surface area contributed by atoms with Crippen LogP contribution in [0.1, 0.15) is 54.1 Å². The summed E-state index contributed by atoms with van der Waals surface area (Å²) in [4.78, 5) is 15.3. The number of piperidine rings is 1. The van der Waals surface area contributed by atoms with E-state index in [0.717, 1.165) is 37.7 Å². The van der Waals surface area contributed by atoms with Crippen LogP contribution >= 0.6 is 23.2 Å². The lowest BCUT2D eigenvalue weighted by atomic mass is 9.68. The van der Waals surface area contributed by atoms with Gasteiger partial charge in [-0.25, -0.2) is 0 Å². The highest BCUT2D eigenvalue weighted by molar-refractivity contribution is 6.31. The van der Waals surface area contributed by atoms with Crippen molar-refractivity contribution in [2.75, 3.05) is 13.7 Å². The summed E-state index contributed by atoms with van der Waals surface area (Å²) in [7, 11) is 1.60. The van der Waals surface area contributed by atoms with E-state index in [2.05, 4.69) is 0 Å². The number of halogens is 2. The third-order valence-electron chi connectivity index (χ3n) is 6.33. The molecular weight excluding hydrogens is 393 g/mol. The van der Waals surface area contributed by atoms with Crippen molar-refractivity contribution in [3.8, 4) is 5.75 Å². The molecule has 1 saturated heterocycles. The quantitative estimate of drug-likeness (QED) is 0.564. The van der Waals surface area contributed by atoms with E-state index in [4.69, 9.17) is 27.9 Å². The Hall–Kier alpha value is -1.71. The SMILES string of the molecule is COc1ccccc1C(=O)N1CCC2(Cl)CCCCC2C1c1ccccc1Cl. The number of methoxy groups -OCH3 is 1. The molecule has 148 valence electrons. The normalized spacial score (nSPS) is 27.2. The fraction of sp³-hybridized carbons (Fsp3) is 0.435. The number of carbonyl (C=O) groups is 1. The van der Waals surface area contributed by atoms with Gasteiger partial charge in [-0.2, -0.15) is 0 Å². The molecule has 2 aliphatic rings. The summed E-state index contributed by atoms with van der Waals surface area (Å²) in [5, 5.41) is 0.691. The molecule has 1 saturated carbocycles. The molecule has 2 aromatic carbocycles. The van der Waals surface area contributed by atoms with E-state index in [1.165, 1.54) is 0 Å². The van der Waals surface area contributed by atoms with E-state index in [0.29, 0.717) is 22.9 Å². The molecule has 3 nitrogen and oxygen atoms in total. The number of benzene rings is 2. The summed E-state index contributed by atoms with van der Waals surface area (Å²) < 4.78 is 5.45.